The number of aryl methyl sites for hydroxylation is 1. The minimum atomic E-state index is -4.11. The molecule has 0 aliphatic carbocycles. The molecule has 0 spiro atoms. The fourth-order valence-corrected chi connectivity index (χ4v) is 5.17. The number of hydrogen-bond donors (Lipinski definition) is 2. The predicted octanol–water partition coefficient (Wildman–Crippen LogP) is 5.32. The summed E-state index contributed by atoms with van der Waals surface area (Å²) in [5.41, 5.74) is 2.30. The Morgan fingerprint density at radius 1 is 0.972 bits per heavy atom. The Kier molecular flexibility index (Phi) is 8.76. The Morgan fingerprint density at radius 2 is 1.64 bits per heavy atom. The second kappa shape index (κ2) is 11.6. The molecule has 0 saturated heterocycles. The van der Waals surface area contributed by atoms with Crippen molar-refractivity contribution < 1.29 is 18.0 Å². The maximum atomic E-state index is 13.7. The quantitative estimate of drug-likeness (QED) is 0.393. The fraction of sp³-hybridized carbons (Fsp3) is 0.259. The lowest BCUT2D eigenvalue weighted by atomic mass is 10.1. The van der Waals surface area contributed by atoms with Crippen molar-refractivity contribution in [2.45, 2.75) is 45.1 Å². The van der Waals surface area contributed by atoms with Crippen molar-refractivity contribution in [3.63, 3.8) is 0 Å². The van der Waals surface area contributed by atoms with E-state index in [0.717, 1.165) is 16.3 Å². The monoisotopic (exact) mass is 527 g/mol. The van der Waals surface area contributed by atoms with Gasteiger partial charge in [-0.3, -0.25) is 13.9 Å². The van der Waals surface area contributed by atoms with E-state index in [2.05, 4.69) is 10.6 Å². The van der Waals surface area contributed by atoms with Gasteiger partial charge >= 0.3 is 0 Å². The van der Waals surface area contributed by atoms with Crippen LogP contribution in [0, 0.1) is 13.8 Å². The number of halogens is 1. The number of nitrogens with one attached hydrogen (secondary N) is 2. The first-order chi connectivity index (χ1) is 17.0. The van der Waals surface area contributed by atoms with E-state index in [0.29, 0.717) is 22.0 Å². The van der Waals surface area contributed by atoms with Gasteiger partial charge in [-0.2, -0.15) is 0 Å². The molecule has 3 aromatic carbocycles. The Hall–Kier alpha value is -3.36. The molecule has 7 nitrogen and oxygen atoms in total. The number of sulfonamides is 1. The highest BCUT2D eigenvalue weighted by molar-refractivity contribution is 7.92. The van der Waals surface area contributed by atoms with Crippen molar-refractivity contribution in [2.24, 2.45) is 0 Å². The van der Waals surface area contributed by atoms with Gasteiger partial charge in [-0.05, 0) is 69.2 Å². The number of rotatable bonds is 9. The van der Waals surface area contributed by atoms with Gasteiger partial charge in [0.25, 0.3) is 15.9 Å². The van der Waals surface area contributed by atoms with Crippen LogP contribution in [0.3, 0.4) is 0 Å². The molecule has 1 atom stereocenters. The molecule has 3 rings (SSSR count). The summed E-state index contributed by atoms with van der Waals surface area (Å²) < 4.78 is 28.4. The van der Waals surface area contributed by atoms with E-state index in [4.69, 9.17) is 11.6 Å². The van der Waals surface area contributed by atoms with E-state index in [-0.39, 0.29) is 22.4 Å². The van der Waals surface area contributed by atoms with Crippen molar-refractivity contribution >= 4 is 44.8 Å². The largest absolute Gasteiger partial charge is 0.350 e. The molecule has 0 unspecified atom stereocenters. The molecular formula is C27H30ClN3O4S. The molecule has 190 valence electrons. The molecule has 3 aromatic rings. The Labute approximate surface area is 217 Å². The number of carbonyl (C=O) groups is 2. The summed E-state index contributed by atoms with van der Waals surface area (Å²) >= 11 is 6.28. The molecule has 2 N–H and O–H groups in total. The first-order valence-electron chi connectivity index (χ1n) is 11.6. The van der Waals surface area contributed by atoms with Crippen molar-refractivity contribution in [1.29, 1.82) is 0 Å². The van der Waals surface area contributed by atoms with E-state index < -0.39 is 22.5 Å². The molecule has 0 aromatic heterocycles. The number of benzene rings is 3. The van der Waals surface area contributed by atoms with Crippen molar-refractivity contribution in [3.8, 4) is 0 Å². The zero-order valence-corrected chi connectivity index (χ0v) is 22.3. The molecule has 9 heteroatoms. The minimum absolute atomic E-state index is 0.0396. The third-order valence-corrected chi connectivity index (χ3v) is 8.02. The molecule has 2 amide bonds. The molecule has 0 aliphatic rings. The highest BCUT2D eigenvalue weighted by atomic mass is 35.5. The Balaban J connectivity index is 1.96. The molecule has 36 heavy (non-hydrogen) atoms. The third kappa shape index (κ3) is 6.25. The van der Waals surface area contributed by atoms with E-state index in [9.17, 15) is 18.0 Å². The standard InChI is InChI=1S/C27H30ClN3O4S/c1-5-19(3)29-27(33)22-9-6-7-11-24(22)30-26(32)17-31(25-12-8-10-23(28)20(25)4)36(34,35)21-15-13-18(2)14-16-21/h6-16,19H,5,17H2,1-4H3,(H,29,33)(H,30,32)/t19-/m0/s1. The van der Waals surface area contributed by atoms with Gasteiger partial charge in [0.05, 0.1) is 21.8 Å². The number of amides is 2. The summed E-state index contributed by atoms with van der Waals surface area (Å²) in [6.45, 7) is 6.89. The van der Waals surface area contributed by atoms with Gasteiger partial charge < -0.3 is 10.6 Å². The van der Waals surface area contributed by atoms with Gasteiger partial charge in [-0.1, -0.05) is 54.4 Å². The minimum Gasteiger partial charge on any atom is -0.350 e. The first kappa shape index (κ1) is 27.2. The fourth-order valence-electron chi connectivity index (χ4n) is 3.52. The topological polar surface area (TPSA) is 95.6 Å². The number of nitrogens with zero attached hydrogens (tertiary/aromatic N) is 1. The smallest absolute Gasteiger partial charge is 0.264 e. The van der Waals surface area contributed by atoms with Crippen LogP contribution in [0.15, 0.2) is 71.6 Å². The van der Waals surface area contributed by atoms with Crippen LogP contribution in [0.5, 0.6) is 0 Å². The van der Waals surface area contributed by atoms with E-state index >= 15 is 0 Å². The van der Waals surface area contributed by atoms with Crippen molar-refractivity contribution in [2.75, 3.05) is 16.2 Å². The predicted molar refractivity (Wildman–Crippen MR) is 144 cm³/mol. The third-order valence-electron chi connectivity index (χ3n) is 5.84. The van der Waals surface area contributed by atoms with E-state index in [1.54, 1.807) is 61.5 Å². The van der Waals surface area contributed by atoms with Crippen LogP contribution in [0.25, 0.3) is 0 Å². The summed E-state index contributed by atoms with van der Waals surface area (Å²) in [6.07, 6.45) is 0.755. The zero-order chi connectivity index (χ0) is 26.5. The highest BCUT2D eigenvalue weighted by Crippen LogP contribution is 2.31. The van der Waals surface area contributed by atoms with Crippen LogP contribution in [-0.2, 0) is 14.8 Å². The first-order valence-corrected chi connectivity index (χ1v) is 13.4. The molecule has 0 radical (unpaired) electrons. The lowest BCUT2D eigenvalue weighted by Crippen LogP contribution is -2.39. The van der Waals surface area contributed by atoms with Crippen LogP contribution in [0.2, 0.25) is 5.02 Å². The number of para-hydroxylation sites is 1. The van der Waals surface area contributed by atoms with Gasteiger partial charge in [0.1, 0.15) is 6.54 Å². The van der Waals surface area contributed by atoms with E-state index in [1.807, 2.05) is 20.8 Å². The average molecular weight is 528 g/mol. The van der Waals surface area contributed by atoms with Crippen LogP contribution in [0.4, 0.5) is 11.4 Å². The summed E-state index contributed by atoms with van der Waals surface area (Å²) in [6, 6.07) is 17.9. The van der Waals surface area contributed by atoms with Gasteiger partial charge in [0.2, 0.25) is 5.91 Å². The summed E-state index contributed by atoms with van der Waals surface area (Å²) in [5, 5.41) is 5.97. The number of carbonyl (C=O) groups excluding carboxylic acids is 2. The molecule has 0 aliphatic heterocycles. The van der Waals surface area contributed by atoms with Crippen molar-refractivity contribution in [3.05, 3.63) is 88.4 Å². The number of anilines is 2. The molecule has 0 bridgehead atoms. The lowest BCUT2D eigenvalue weighted by molar-refractivity contribution is -0.114. The van der Waals surface area contributed by atoms with Gasteiger partial charge in [0.15, 0.2) is 0 Å². The lowest BCUT2D eigenvalue weighted by Gasteiger charge is -2.26. The molecule has 0 saturated carbocycles. The Bertz CT molecular complexity index is 1360. The maximum absolute atomic E-state index is 13.7. The summed E-state index contributed by atoms with van der Waals surface area (Å²) in [7, 11) is -4.11. The normalized spacial score (nSPS) is 12.0. The van der Waals surface area contributed by atoms with E-state index in [1.165, 1.54) is 12.1 Å². The van der Waals surface area contributed by atoms with Crippen LogP contribution < -0.4 is 14.9 Å². The Morgan fingerprint density at radius 3 is 2.31 bits per heavy atom. The molecule has 0 fully saturated rings. The average Bonchev–Trinajstić information content (AvgIpc) is 2.85. The van der Waals surface area contributed by atoms with Crippen LogP contribution >= 0.6 is 11.6 Å². The van der Waals surface area contributed by atoms with Gasteiger partial charge in [-0.15, -0.1) is 0 Å². The maximum Gasteiger partial charge on any atom is 0.264 e. The molecular weight excluding hydrogens is 498 g/mol. The van der Waals surface area contributed by atoms with Gasteiger partial charge in [-0.25, -0.2) is 8.42 Å². The summed E-state index contributed by atoms with van der Waals surface area (Å²) in [5.74, 6) is -0.927. The summed E-state index contributed by atoms with van der Waals surface area (Å²) in [4.78, 5) is 26.0. The van der Waals surface area contributed by atoms with Crippen LogP contribution in [-0.4, -0.2) is 32.8 Å². The van der Waals surface area contributed by atoms with Gasteiger partial charge in [0, 0.05) is 11.1 Å². The second-order valence-corrected chi connectivity index (χ2v) is 10.9. The number of hydrogen-bond acceptors (Lipinski definition) is 4. The highest BCUT2D eigenvalue weighted by Gasteiger charge is 2.29. The molecule has 0 heterocycles. The SMILES string of the molecule is CC[C@H](C)NC(=O)c1ccccc1NC(=O)CN(c1cccc(Cl)c1C)S(=O)(=O)c1ccc(C)cc1. The zero-order valence-electron chi connectivity index (χ0n) is 20.7. The van der Waals surface area contributed by atoms with Crippen molar-refractivity contribution in [1.82, 2.24) is 5.32 Å². The van der Waals surface area contributed by atoms with Crippen LogP contribution in [0.1, 0.15) is 41.8 Å². The second-order valence-electron chi connectivity index (χ2n) is 8.59.